The predicted octanol–water partition coefficient (Wildman–Crippen LogP) is 1.42. The molecule has 0 saturated carbocycles. The molecule has 0 fully saturated rings. The average Bonchev–Trinajstić information content (AvgIpc) is 2.04. The van der Waals surface area contributed by atoms with Crippen molar-refractivity contribution in [1.29, 1.82) is 0 Å². The number of aromatic nitrogens is 2. The van der Waals surface area contributed by atoms with Crippen LogP contribution in [-0.2, 0) is 0 Å². The van der Waals surface area contributed by atoms with E-state index in [0.717, 1.165) is 5.56 Å². The van der Waals surface area contributed by atoms with Crippen molar-refractivity contribution in [1.82, 2.24) is 9.97 Å². The van der Waals surface area contributed by atoms with Crippen molar-refractivity contribution in [2.75, 3.05) is 12.0 Å². The molecule has 0 atom stereocenters. The number of anilines is 1. The minimum atomic E-state index is 0.486. The molecular weight excluding hydrogens is 158 g/mol. The lowest BCUT2D eigenvalue weighted by molar-refractivity contribution is 0.975. The van der Waals surface area contributed by atoms with Crippen molar-refractivity contribution in [2.24, 2.45) is 0 Å². The second-order valence-corrected chi connectivity index (χ2v) is 2.67. The molecule has 3 nitrogen and oxygen atoms in total. The first-order valence-corrected chi connectivity index (χ1v) is 4.29. The zero-order valence-electron chi connectivity index (χ0n) is 6.24. The van der Waals surface area contributed by atoms with Gasteiger partial charge in [-0.05, 0) is 6.26 Å². The summed E-state index contributed by atoms with van der Waals surface area (Å²) in [5.41, 5.74) is 6.35. The maximum atomic E-state index is 5.57. The molecule has 0 saturated heterocycles. The SMILES string of the molecule is C=Cc1cnc(SC)nc1N. The number of thioether (sulfide) groups is 1. The molecule has 0 aliphatic heterocycles. The Hall–Kier alpha value is -1.03. The van der Waals surface area contributed by atoms with Gasteiger partial charge in [0.1, 0.15) is 5.82 Å². The van der Waals surface area contributed by atoms with E-state index in [-0.39, 0.29) is 0 Å². The molecule has 2 N–H and O–H groups in total. The molecule has 1 aromatic heterocycles. The minimum absolute atomic E-state index is 0.486. The molecule has 4 heteroatoms. The number of nitrogens with zero attached hydrogens (tertiary/aromatic N) is 2. The van der Waals surface area contributed by atoms with E-state index >= 15 is 0 Å². The molecule has 0 radical (unpaired) electrons. The summed E-state index contributed by atoms with van der Waals surface area (Å²) in [5.74, 6) is 0.486. The molecule has 0 bridgehead atoms. The lowest BCUT2D eigenvalue weighted by atomic mass is 10.3. The zero-order chi connectivity index (χ0) is 8.27. The summed E-state index contributed by atoms with van der Waals surface area (Å²) in [5, 5.41) is 0.688. The smallest absolute Gasteiger partial charge is 0.189 e. The van der Waals surface area contributed by atoms with Crippen LogP contribution in [0.25, 0.3) is 6.08 Å². The van der Waals surface area contributed by atoms with Gasteiger partial charge in [0.15, 0.2) is 5.16 Å². The van der Waals surface area contributed by atoms with Gasteiger partial charge in [0.05, 0.1) is 0 Å². The average molecular weight is 167 g/mol. The number of rotatable bonds is 2. The van der Waals surface area contributed by atoms with E-state index in [0.29, 0.717) is 11.0 Å². The van der Waals surface area contributed by atoms with E-state index in [1.165, 1.54) is 11.8 Å². The molecule has 0 aliphatic rings. The third-order valence-electron chi connectivity index (χ3n) is 1.23. The van der Waals surface area contributed by atoms with E-state index in [1.807, 2.05) is 6.26 Å². The van der Waals surface area contributed by atoms with Crippen LogP contribution >= 0.6 is 11.8 Å². The van der Waals surface area contributed by atoms with E-state index < -0.39 is 0 Å². The van der Waals surface area contributed by atoms with Crippen LogP contribution in [0.2, 0.25) is 0 Å². The largest absolute Gasteiger partial charge is 0.383 e. The van der Waals surface area contributed by atoms with Crippen molar-refractivity contribution in [3.8, 4) is 0 Å². The molecule has 0 amide bonds. The lowest BCUT2D eigenvalue weighted by Gasteiger charge is -1.99. The molecule has 1 heterocycles. The van der Waals surface area contributed by atoms with Gasteiger partial charge in [-0.3, -0.25) is 0 Å². The Morgan fingerprint density at radius 3 is 2.91 bits per heavy atom. The highest BCUT2D eigenvalue weighted by atomic mass is 32.2. The van der Waals surface area contributed by atoms with Gasteiger partial charge in [-0.25, -0.2) is 9.97 Å². The van der Waals surface area contributed by atoms with Gasteiger partial charge in [0.2, 0.25) is 0 Å². The summed E-state index contributed by atoms with van der Waals surface area (Å²) >= 11 is 1.47. The summed E-state index contributed by atoms with van der Waals surface area (Å²) in [6.07, 6.45) is 5.21. The molecule has 0 unspecified atom stereocenters. The Labute approximate surface area is 69.7 Å². The first-order valence-electron chi connectivity index (χ1n) is 3.07. The Morgan fingerprint density at radius 2 is 2.45 bits per heavy atom. The first kappa shape index (κ1) is 8.07. The summed E-state index contributed by atoms with van der Waals surface area (Å²) in [7, 11) is 0. The number of nitrogen functional groups attached to an aromatic ring is 1. The van der Waals surface area contributed by atoms with Gasteiger partial charge in [-0.2, -0.15) is 0 Å². The van der Waals surface area contributed by atoms with E-state index in [1.54, 1.807) is 12.3 Å². The fraction of sp³-hybridized carbons (Fsp3) is 0.143. The number of hydrogen-bond donors (Lipinski definition) is 1. The van der Waals surface area contributed by atoms with Crippen molar-refractivity contribution in [3.05, 3.63) is 18.3 Å². The van der Waals surface area contributed by atoms with Crippen molar-refractivity contribution in [3.63, 3.8) is 0 Å². The molecule has 0 aromatic carbocycles. The zero-order valence-corrected chi connectivity index (χ0v) is 7.06. The Morgan fingerprint density at radius 1 is 1.73 bits per heavy atom. The standard InChI is InChI=1S/C7H9N3S/c1-3-5-4-9-7(11-2)10-6(5)8/h3-4H,1H2,2H3,(H2,8,9,10). The summed E-state index contributed by atoms with van der Waals surface area (Å²) in [6.45, 7) is 3.58. The van der Waals surface area contributed by atoms with E-state index in [2.05, 4.69) is 16.5 Å². The highest BCUT2D eigenvalue weighted by molar-refractivity contribution is 7.98. The van der Waals surface area contributed by atoms with Gasteiger partial charge >= 0.3 is 0 Å². The van der Waals surface area contributed by atoms with E-state index in [4.69, 9.17) is 5.73 Å². The van der Waals surface area contributed by atoms with Gasteiger partial charge in [-0.1, -0.05) is 24.4 Å². The highest BCUT2D eigenvalue weighted by Gasteiger charge is 1.98. The van der Waals surface area contributed by atoms with Gasteiger partial charge in [-0.15, -0.1) is 0 Å². The Balaban J connectivity index is 3.09. The predicted molar refractivity (Wildman–Crippen MR) is 48.3 cm³/mol. The molecule has 11 heavy (non-hydrogen) atoms. The van der Waals surface area contributed by atoms with Gasteiger partial charge in [0.25, 0.3) is 0 Å². The number of hydrogen-bond acceptors (Lipinski definition) is 4. The van der Waals surface area contributed by atoms with Gasteiger partial charge in [0, 0.05) is 11.8 Å². The van der Waals surface area contributed by atoms with E-state index in [9.17, 15) is 0 Å². The van der Waals surface area contributed by atoms with Crippen LogP contribution in [0.1, 0.15) is 5.56 Å². The summed E-state index contributed by atoms with van der Waals surface area (Å²) in [6, 6.07) is 0. The fourth-order valence-electron chi connectivity index (χ4n) is 0.643. The van der Waals surface area contributed by atoms with Crippen LogP contribution in [0.5, 0.6) is 0 Å². The van der Waals surface area contributed by atoms with Crippen molar-refractivity contribution in [2.45, 2.75) is 5.16 Å². The molecule has 58 valence electrons. The molecule has 0 aliphatic carbocycles. The third kappa shape index (κ3) is 1.71. The second kappa shape index (κ2) is 3.39. The highest BCUT2D eigenvalue weighted by Crippen LogP contribution is 2.13. The van der Waals surface area contributed by atoms with Crippen LogP contribution in [0.4, 0.5) is 5.82 Å². The van der Waals surface area contributed by atoms with Crippen LogP contribution in [0, 0.1) is 0 Å². The topological polar surface area (TPSA) is 51.8 Å². The Kier molecular flexibility index (Phi) is 2.48. The molecule has 0 spiro atoms. The Bertz CT molecular complexity index is 272. The van der Waals surface area contributed by atoms with Crippen molar-refractivity contribution < 1.29 is 0 Å². The van der Waals surface area contributed by atoms with Crippen LogP contribution in [-0.4, -0.2) is 16.2 Å². The quantitative estimate of drug-likeness (QED) is 0.534. The van der Waals surface area contributed by atoms with Crippen LogP contribution in [0.15, 0.2) is 17.9 Å². The maximum absolute atomic E-state index is 5.57. The van der Waals surface area contributed by atoms with Gasteiger partial charge < -0.3 is 5.73 Å². The van der Waals surface area contributed by atoms with Crippen LogP contribution in [0.3, 0.4) is 0 Å². The maximum Gasteiger partial charge on any atom is 0.189 e. The van der Waals surface area contributed by atoms with Crippen molar-refractivity contribution >= 4 is 23.7 Å². The normalized spacial score (nSPS) is 9.55. The molecule has 1 aromatic rings. The third-order valence-corrected chi connectivity index (χ3v) is 1.79. The number of nitrogens with two attached hydrogens (primary N) is 1. The monoisotopic (exact) mass is 167 g/mol. The molecular formula is C7H9N3S. The fourth-order valence-corrected chi connectivity index (χ4v) is 0.991. The molecule has 1 rings (SSSR count). The second-order valence-electron chi connectivity index (χ2n) is 1.90. The summed E-state index contributed by atoms with van der Waals surface area (Å²) in [4.78, 5) is 8.05. The first-order chi connectivity index (χ1) is 5.27. The van der Waals surface area contributed by atoms with Crippen LogP contribution < -0.4 is 5.73 Å². The lowest BCUT2D eigenvalue weighted by Crippen LogP contribution is -1.96. The summed E-state index contributed by atoms with van der Waals surface area (Å²) < 4.78 is 0. The minimum Gasteiger partial charge on any atom is -0.383 e.